The van der Waals surface area contributed by atoms with Crippen molar-refractivity contribution in [3.63, 3.8) is 0 Å². The molecule has 3 heterocycles. The smallest absolute Gasteiger partial charge is 0.337 e. The fraction of sp³-hybridized carbons (Fsp3) is 0.333. The number of carboxylic acid groups (broad SMARTS) is 1. The molecule has 1 aliphatic rings. The molecule has 0 bridgehead atoms. The molecular formula is C24H25N5O3. The number of nitriles is 1. The Bertz CT molecular complexity index is 1290. The van der Waals surface area contributed by atoms with Crippen LogP contribution in [0.4, 0.5) is 11.5 Å². The number of para-hydroxylation sites is 1. The van der Waals surface area contributed by atoms with Crippen molar-refractivity contribution in [1.29, 1.82) is 5.26 Å². The molecule has 0 radical (unpaired) electrons. The number of hydrogen-bond donors (Lipinski definition) is 2. The zero-order valence-electron chi connectivity index (χ0n) is 18.1. The van der Waals surface area contributed by atoms with E-state index in [-0.39, 0.29) is 22.7 Å². The summed E-state index contributed by atoms with van der Waals surface area (Å²) in [5, 5.41) is 22.5. The van der Waals surface area contributed by atoms with E-state index < -0.39 is 5.97 Å². The lowest BCUT2D eigenvalue weighted by atomic mass is 10.1. The minimum Gasteiger partial charge on any atom is -0.478 e. The van der Waals surface area contributed by atoms with Gasteiger partial charge in [0.15, 0.2) is 11.4 Å². The first-order chi connectivity index (χ1) is 15.4. The number of rotatable bonds is 5. The van der Waals surface area contributed by atoms with E-state index >= 15 is 0 Å². The normalized spacial score (nSPS) is 14.7. The predicted octanol–water partition coefficient (Wildman–Crippen LogP) is 3.74. The molecule has 0 aliphatic carbocycles. The molecule has 3 aromatic rings. The number of nitrogens with zero attached hydrogens (tertiary/aromatic N) is 4. The van der Waals surface area contributed by atoms with Crippen LogP contribution in [0.5, 0.6) is 0 Å². The minimum absolute atomic E-state index is 0.0535. The van der Waals surface area contributed by atoms with Crippen molar-refractivity contribution in [2.24, 2.45) is 0 Å². The number of aromatic carboxylic acids is 1. The molecule has 0 saturated carbocycles. The standard InChI is InChI=1S/C24H25N5O3/c1-15-12-18(16(2)26-20-9-5-4-8-17(20)24(31)32)22-27-21(28-10-6-3-7-11-28)19(13-25)23(30)29(22)14-15/h4-5,8-9,12,14,16,26H,3,6-7,10-11H2,1-2H3,(H,31,32). The summed E-state index contributed by atoms with van der Waals surface area (Å²) in [5.74, 6) is -0.588. The van der Waals surface area contributed by atoms with Crippen LogP contribution < -0.4 is 15.8 Å². The van der Waals surface area contributed by atoms with E-state index in [4.69, 9.17) is 4.98 Å². The van der Waals surface area contributed by atoms with E-state index in [0.29, 0.717) is 17.2 Å². The number of aromatic nitrogens is 2. The lowest BCUT2D eigenvalue weighted by Crippen LogP contribution is -2.34. The summed E-state index contributed by atoms with van der Waals surface area (Å²) >= 11 is 0. The zero-order chi connectivity index (χ0) is 22.8. The highest BCUT2D eigenvalue weighted by Gasteiger charge is 2.23. The van der Waals surface area contributed by atoms with Crippen LogP contribution >= 0.6 is 0 Å². The van der Waals surface area contributed by atoms with Gasteiger partial charge in [-0.3, -0.25) is 9.20 Å². The van der Waals surface area contributed by atoms with Gasteiger partial charge in [0.1, 0.15) is 11.7 Å². The lowest BCUT2D eigenvalue weighted by Gasteiger charge is -2.29. The molecule has 32 heavy (non-hydrogen) atoms. The first-order valence-corrected chi connectivity index (χ1v) is 10.7. The molecule has 1 unspecified atom stereocenters. The van der Waals surface area contributed by atoms with E-state index in [1.165, 1.54) is 4.40 Å². The Kier molecular flexibility index (Phi) is 5.82. The van der Waals surface area contributed by atoms with E-state index in [9.17, 15) is 20.0 Å². The number of piperidine rings is 1. The highest BCUT2D eigenvalue weighted by molar-refractivity contribution is 5.94. The van der Waals surface area contributed by atoms with Crippen LogP contribution in [0.3, 0.4) is 0 Å². The average molecular weight is 431 g/mol. The first kappa shape index (κ1) is 21.4. The first-order valence-electron chi connectivity index (χ1n) is 10.7. The molecule has 0 spiro atoms. The van der Waals surface area contributed by atoms with E-state index in [0.717, 1.165) is 43.5 Å². The van der Waals surface area contributed by atoms with Crippen molar-refractivity contribution >= 4 is 23.1 Å². The van der Waals surface area contributed by atoms with Crippen molar-refractivity contribution in [2.45, 2.75) is 39.2 Å². The van der Waals surface area contributed by atoms with Gasteiger partial charge in [0, 0.05) is 30.5 Å². The van der Waals surface area contributed by atoms with Crippen LogP contribution in [0.2, 0.25) is 0 Å². The van der Waals surface area contributed by atoms with Gasteiger partial charge in [-0.25, -0.2) is 9.78 Å². The number of aryl methyl sites for hydroxylation is 1. The second-order valence-electron chi connectivity index (χ2n) is 8.16. The van der Waals surface area contributed by atoms with Crippen molar-refractivity contribution < 1.29 is 9.90 Å². The number of pyridine rings is 1. The highest BCUT2D eigenvalue weighted by atomic mass is 16.4. The van der Waals surface area contributed by atoms with Crippen LogP contribution in [-0.2, 0) is 0 Å². The lowest BCUT2D eigenvalue weighted by molar-refractivity contribution is 0.0698. The van der Waals surface area contributed by atoms with Crippen LogP contribution in [0.15, 0.2) is 41.3 Å². The summed E-state index contributed by atoms with van der Waals surface area (Å²) in [6.07, 6.45) is 4.81. The summed E-state index contributed by atoms with van der Waals surface area (Å²) in [6.45, 7) is 5.30. The topological polar surface area (TPSA) is 111 Å². The third-order valence-electron chi connectivity index (χ3n) is 5.83. The van der Waals surface area contributed by atoms with Crippen LogP contribution in [-0.4, -0.2) is 33.6 Å². The van der Waals surface area contributed by atoms with Gasteiger partial charge < -0.3 is 15.3 Å². The molecular weight excluding hydrogens is 406 g/mol. The number of nitrogens with one attached hydrogen (secondary N) is 1. The largest absolute Gasteiger partial charge is 0.478 e. The molecule has 1 fully saturated rings. The molecule has 8 heteroatoms. The maximum absolute atomic E-state index is 13.2. The Morgan fingerprint density at radius 2 is 1.97 bits per heavy atom. The maximum atomic E-state index is 13.2. The summed E-state index contributed by atoms with van der Waals surface area (Å²) in [7, 11) is 0. The van der Waals surface area contributed by atoms with Gasteiger partial charge in [-0.2, -0.15) is 5.26 Å². The third kappa shape index (κ3) is 3.89. The Morgan fingerprint density at radius 3 is 2.66 bits per heavy atom. The molecule has 164 valence electrons. The molecule has 2 aromatic heterocycles. The van der Waals surface area contributed by atoms with Crippen molar-refractivity contribution in [2.75, 3.05) is 23.3 Å². The van der Waals surface area contributed by atoms with Crippen LogP contribution in [0.1, 0.15) is 59.3 Å². The molecule has 1 aliphatic heterocycles. The molecule has 2 N–H and O–H groups in total. The minimum atomic E-state index is -1.02. The van der Waals surface area contributed by atoms with Crippen molar-refractivity contribution in [1.82, 2.24) is 9.38 Å². The molecule has 0 amide bonds. The number of fused-ring (bicyclic) bond motifs is 1. The van der Waals surface area contributed by atoms with Gasteiger partial charge in [0.2, 0.25) is 0 Å². The second-order valence-corrected chi connectivity index (χ2v) is 8.16. The summed E-state index contributed by atoms with van der Waals surface area (Å²) in [6, 6.07) is 10.4. The van der Waals surface area contributed by atoms with Crippen LogP contribution in [0, 0.1) is 18.3 Å². The monoisotopic (exact) mass is 431 g/mol. The van der Waals surface area contributed by atoms with Gasteiger partial charge in [0.25, 0.3) is 5.56 Å². The maximum Gasteiger partial charge on any atom is 0.337 e. The number of benzene rings is 1. The number of anilines is 2. The summed E-state index contributed by atoms with van der Waals surface area (Å²) in [5.41, 5.74) is 2.38. The average Bonchev–Trinajstić information content (AvgIpc) is 2.79. The van der Waals surface area contributed by atoms with Gasteiger partial charge in [0.05, 0.1) is 11.6 Å². The number of carbonyl (C=O) groups is 1. The Balaban J connectivity index is 1.86. The van der Waals surface area contributed by atoms with Gasteiger partial charge in [-0.15, -0.1) is 0 Å². The van der Waals surface area contributed by atoms with Gasteiger partial charge >= 0.3 is 5.97 Å². The highest BCUT2D eigenvalue weighted by Crippen LogP contribution is 2.28. The van der Waals surface area contributed by atoms with E-state index in [1.54, 1.807) is 30.5 Å². The van der Waals surface area contributed by atoms with Gasteiger partial charge in [-0.05, 0) is 56.9 Å². The Morgan fingerprint density at radius 1 is 1.25 bits per heavy atom. The van der Waals surface area contributed by atoms with Gasteiger partial charge in [-0.1, -0.05) is 12.1 Å². The SMILES string of the molecule is Cc1cc(C(C)Nc2ccccc2C(=O)O)c2nc(N3CCCCC3)c(C#N)c(=O)n2c1. The van der Waals surface area contributed by atoms with E-state index in [1.807, 2.05) is 24.8 Å². The molecule has 1 atom stereocenters. The fourth-order valence-corrected chi connectivity index (χ4v) is 4.25. The van der Waals surface area contributed by atoms with Crippen molar-refractivity contribution in [3.8, 4) is 6.07 Å². The third-order valence-corrected chi connectivity index (χ3v) is 5.83. The number of hydrogen-bond acceptors (Lipinski definition) is 6. The molecule has 4 rings (SSSR count). The number of carboxylic acids is 1. The molecule has 1 saturated heterocycles. The quantitative estimate of drug-likeness (QED) is 0.633. The van der Waals surface area contributed by atoms with Crippen molar-refractivity contribution in [3.05, 3.63) is 69.1 Å². The van der Waals surface area contributed by atoms with Crippen LogP contribution in [0.25, 0.3) is 5.65 Å². The summed E-state index contributed by atoms with van der Waals surface area (Å²) in [4.78, 5) is 31.7. The molecule has 8 nitrogen and oxygen atoms in total. The zero-order valence-corrected chi connectivity index (χ0v) is 18.1. The Labute approximate surface area is 185 Å². The summed E-state index contributed by atoms with van der Waals surface area (Å²) < 4.78 is 1.43. The fourth-order valence-electron chi connectivity index (χ4n) is 4.25. The van der Waals surface area contributed by atoms with E-state index in [2.05, 4.69) is 11.4 Å². The predicted molar refractivity (Wildman–Crippen MR) is 122 cm³/mol. The second kappa shape index (κ2) is 8.71. The molecule has 1 aromatic carbocycles. The Hall–Kier alpha value is -3.86.